The van der Waals surface area contributed by atoms with Crippen LogP contribution in [-0.4, -0.2) is 10.2 Å². The van der Waals surface area contributed by atoms with E-state index in [1.807, 2.05) is 12.1 Å². The maximum absolute atomic E-state index is 13.3. The lowest BCUT2D eigenvalue weighted by atomic mass is 10.2. The van der Waals surface area contributed by atoms with Crippen molar-refractivity contribution in [1.29, 1.82) is 0 Å². The van der Waals surface area contributed by atoms with Crippen LogP contribution in [0.1, 0.15) is 5.56 Å². The molecule has 1 aliphatic heterocycles. The van der Waals surface area contributed by atoms with Gasteiger partial charge in [0.15, 0.2) is 4.32 Å². The zero-order chi connectivity index (χ0) is 15.7. The minimum atomic E-state index is -0.409. The Labute approximate surface area is 141 Å². The minimum Gasteiger partial charge on any atom is -0.268 e. The van der Waals surface area contributed by atoms with Crippen LogP contribution < -0.4 is 4.90 Å². The van der Waals surface area contributed by atoms with E-state index in [1.165, 1.54) is 28.8 Å². The summed E-state index contributed by atoms with van der Waals surface area (Å²) >= 11 is 12.3. The number of amides is 1. The normalized spacial score (nSPS) is 16.6. The molecule has 1 aliphatic rings. The van der Waals surface area contributed by atoms with Gasteiger partial charge in [-0.1, -0.05) is 53.8 Å². The number of hydrogen-bond donors (Lipinski definition) is 0. The number of anilines is 1. The number of rotatable bonds is 2. The van der Waals surface area contributed by atoms with Gasteiger partial charge in [-0.25, -0.2) is 4.39 Å². The number of thiocarbonyl (C=S) groups is 1. The zero-order valence-corrected chi connectivity index (χ0v) is 13.5. The highest BCUT2D eigenvalue weighted by molar-refractivity contribution is 8.27. The standard InChI is InChI=1S/C16H9ClFNOS2/c17-11-6-4-10(5-7-11)8-14-15(20)19(16(21)22-14)13-3-1-2-12(18)9-13/h1-9H/b14-8+. The third-order valence-corrected chi connectivity index (χ3v) is 4.58. The van der Waals surface area contributed by atoms with Crippen LogP contribution in [0.15, 0.2) is 53.4 Å². The molecule has 1 amide bonds. The fraction of sp³-hybridized carbons (Fsp3) is 0. The lowest BCUT2D eigenvalue weighted by molar-refractivity contribution is -0.113. The molecule has 2 aromatic rings. The molecule has 0 unspecified atom stereocenters. The molecule has 2 aromatic carbocycles. The van der Waals surface area contributed by atoms with E-state index in [2.05, 4.69) is 0 Å². The van der Waals surface area contributed by atoms with Crippen LogP contribution in [-0.2, 0) is 4.79 Å². The molecule has 6 heteroatoms. The molecule has 0 spiro atoms. The average Bonchev–Trinajstić information content (AvgIpc) is 2.76. The van der Waals surface area contributed by atoms with Crippen LogP contribution >= 0.6 is 35.6 Å². The van der Waals surface area contributed by atoms with Gasteiger partial charge in [-0.3, -0.25) is 9.69 Å². The summed E-state index contributed by atoms with van der Waals surface area (Å²) in [6.07, 6.45) is 1.74. The van der Waals surface area contributed by atoms with Crippen LogP contribution in [0.4, 0.5) is 10.1 Å². The smallest absolute Gasteiger partial charge is 0.268 e. The number of hydrogen-bond acceptors (Lipinski definition) is 3. The van der Waals surface area contributed by atoms with Gasteiger partial charge in [-0.05, 0) is 42.0 Å². The van der Waals surface area contributed by atoms with E-state index in [0.29, 0.717) is 19.9 Å². The summed E-state index contributed by atoms with van der Waals surface area (Å²) in [5.74, 6) is -0.663. The summed E-state index contributed by atoms with van der Waals surface area (Å²) in [4.78, 5) is 14.3. The van der Waals surface area contributed by atoms with Gasteiger partial charge in [0.1, 0.15) is 5.82 Å². The van der Waals surface area contributed by atoms with Crippen molar-refractivity contribution in [2.75, 3.05) is 4.90 Å². The first-order valence-electron chi connectivity index (χ1n) is 6.34. The Bertz CT molecular complexity index is 789. The molecule has 3 rings (SSSR count). The number of nitrogens with zero attached hydrogens (tertiary/aromatic N) is 1. The van der Waals surface area contributed by atoms with Crippen molar-refractivity contribution in [3.63, 3.8) is 0 Å². The number of benzene rings is 2. The predicted octanol–water partition coefficient (Wildman–Crippen LogP) is 4.88. The Morgan fingerprint density at radius 3 is 2.59 bits per heavy atom. The monoisotopic (exact) mass is 349 g/mol. The maximum atomic E-state index is 13.3. The van der Waals surface area contributed by atoms with Gasteiger partial charge in [0.2, 0.25) is 0 Å². The van der Waals surface area contributed by atoms with E-state index < -0.39 is 5.82 Å². The molecular weight excluding hydrogens is 341 g/mol. The first-order valence-corrected chi connectivity index (χ1v) is 7.94. The summed E-state index contributed by atoms with van der Waals surface area (Å²) in [5, 5.41) is 0.629. The van der Waals surface area contributed by atoms with E-state index in [1.54, 1.807) is 30.3 Å². The molecule has 0 atom stereocenters. The third-order valence-electron chi connectivity index (χ3n) is 3.03. The summed E-state index contributed by atoms with van der Waals surface area (Å²) in [6.45, 7) is 0. The van der Waals surface area contributed by atoms with Crippen molar-refractivity contribution < 1.29 is 9.18 Å². The third kappa shape index (κ3) is 3.06. The Balaban J connectivity index is 1.93. The first-order chi connectivity index (χ1) is 10.5. The summed E-state index contributed by atoms with van der Waals surface area (Å²) in [6, 6.07) is 12.9. The SMILES string of the molecule is O=C1/C(=C\c2ccc(Cl)cc2)SC(=S)N1c1cccc(F)c1. The number of carbonyl (C=O) groups is 1. The molecule has 110 valence electrons. The van der Waals surface area contributed by atoms with Gasteiger partial charge >= 0.3 is 0 Å². The average molecular weight is 350 g/mol. The second-order valence-corrected chi connectivity index (χ2v) is 6.66. The van der Waals surface area contributed by atoms with E-state index in [-0.39, 0.29) is 5.91 Å². The summed E-state index contributed by atoms with van der Waals surface area (Å²) < 4.78 is 13.7. The van der Waals surface area contributed by atoms with Gasteiger partial charge in [-0.2, -0.15) is 0 Å². The highest BCUT2D eigenvalue weighted by Gasteiger charge is 2.33. The number of halogens is 2. The Morgan fingerprint density at radius 1 is 1.18 bits per heavy atom. The van der Waals surface area contributed by atoms with Crippen LogP contribution in [0.3, 0.4) is 0 Å². The molecule has 0 saturated carbocycles. The van der Waals surface area contributed by atoms with E-state index >= 15 is 0 Å². The quantitative estimate of drug-likeness (QED) is 0.569. The minimum absolute atomic E-state index is 0.254. The summed E-state index contributed by atoms with van der Waals surface area (Å²) in [5.41, 5.74) is 1.28. The lowest BCUT2D eigenvalue weighted by Gasteiger charge is -2.14. The van der Waals surface area contributed by atoms with Crippen LogP contribution in [0.25, 0.3) is 6.08 Å². The molecule has 0 bridgehead atoms. The highest BCUT2D eigenvalue weighted by Crippen LogP contribution is 2.36. The number of carbonyl (C=O) groups excluding carboxylic acids is 1. The van der Waals surface area contributed by atoms with Crippen molar-refractivity contribution in [3.8, 4) is 0 Å². The maximum Gasteiger partial charge on any atom is 0.270 e. The first kappa shape index (κ1) is 15.2. The molecule has 0 radical (unpaired) electrons. The number of thioether (sulfide) groups is 1. The molecular formula is C16H9ClFNOS2. The van der Waals surface area contributed by atoms with Gasteiger partial charge < -0.3 is 0 Å². The topological polar surface area (TPSA) is 20.3 Å². The lowest BCUT2D eigenvalue weighted by Crippen LogP contribution is -2.27. The van der Waals surface area contributed by atoms with Crippen LogP contribution in [0.5, 0.6) is 0 Å². The molecule has 22 heavy (non-hydrogen) atoms. The fourth-order valence-corrected chi connectivity index (χ4v) is 3.44. The Kier molecular flexibility index (Phi) is 4.29. The van der Waals surface area contributed by atoms with E-state index in [4.69, 9.17) is 23.8 Å². The largest absolute Gasteiger partial charge is 0.270 e. The molecule has 0 N–H and O–H groups in total. The molecule has 0 aliphatic carbocycles. The van der Waals surface area contributed by atoms with Crippen molar-refractivity contribution in [3.05, 3.63) is 69.8 Å². The van der Waals surface area contributed by atoms with Crippen molar-refractivity contribution in [2.24, 2.45) is 0 Å². The second-order valence-electron chi connectivity index (χ2n) is 4.55. The second kappa shape index (κ2) is 6.20. The fourth-order valence-electron chi connectivity index (χ4n) is 2.02. The molecule has 2 nitrogen and oxygen atoms in total. The van der Waals surface area contributed by atoms with E-state index in [0.717, 1.165) is 5.56 Å². The Morgan fingerprint density at radius 2 is 1.91 bits per heavy atom. The molecule has 1 fully saturated rings. The highest BCUT2D eigenvalue weighted by atomic mass is 35.5. The van der Waals surface area contributed by atoms with Gasteiger partial charge in [0, 0.05) is 5.02 Å². The predicted molar refractivity (Wildman–Crippen MR) is 93.5 cm³/mol. The van der Waals surface area contributed by atoms with Gasteiger partial charge in [0.25, 0.3) is 5.91 Å². The molecule has 1 saturated heterocycles. The Hall–Kier alpha value is -1.69. The van der Waals surface area contributed by atoms with E-state index in [9.17, 15) is 9.18 Å². The zero-order valence-electron chi connectivity index (χ0n) is 11.1. The van der Waals surface area contributed by atoms with Crippen molar-refractivity contribution in [1.82, 2.24) is 0 Å². The van der Waals surface area contributed by atoms with Gasteiger partial charge in [0.05, 0.1) is 10.6 Å². The van der Waals surface area contributed by atoms with Crippen LogP contribution in [0, 0.1) is 5.82 Å². The summed E-state index contributed by atoms with van der Waals surface area (Å²) in [7, 11) is 0. The van der Waals surface area contributed by atoms with Gasteiger partial charge in [-0.15, -0.1) is 0 Å². The molecule has 0 aromatic heterocycles. The van der Waals surface area contributed by atoms with Crippen LogP contribution in [0.2, 0.25) is 5.02 Å². The van der Waals surface area contributed by atoms with Crippen molar-refractivity contribution >= 4 is 57.6 Å². The van der Waals surface area contributed by atoms with Crippen molar-refractivity contribution in [2.45, 2.75) is 0 Å². The molecule has 1 heterocycles.